The van der Waals surface area contributed by atoms with Gasteiger partial charge in [-0.25, -0.2) is 4.98 Å². The third kappa shape index (κ3) is 2.77. The van der Waals surface area contributed by atoms with E-state index in [9.17, 15) is 4.79 Å². The zero-order chi connectivity index (χ0) is 15.8. The van der Waals surface area contributed by atoms with Crippen LogP contribution in [0.5, 0.6) is 5.75 Å². The van der Waals surface area contributed by atoms with Crippen LogP contribution in [0.3, 0.4) is 0 Å². The van der Waals surface area contributed by atoms with Gasteiger partial charge in [0.15, 0.2) is 0 Å². The minimum Gasteiger partial charge on any atom is -0.497 e. The quantitative estimate of drug-likeness (QED) is 0.787. The van der Waals surface area contributed by atoms with Gasteiger partial charge in [-0.1, -0.05) is 12.8 Å². The summed E-state index contributed by atoms with van der Waals surface area (Å²) in [5.41, 5.74) is 0.919. The van der Waals surface area contributed by atoms with Gasteiger partial charge in [0.1, 0.15) is 10.6 Å². The molecule has 4 nitrogen and oxygen atoms in total. The summed E-state index contributed by atoms with van der Waals surface area (Å²) in [7, 11) is 1.66. The number of hydrogen-bond donors (Lipinski definition) is 1. The molecule has 118 valence electrons. The molecule has 1 fully saturated rings. The average molecular weight is 326 g/mol. The van der Waals surface area contributed by atoms with Crippen molar-refractivity contribution < 1.29 is 9.53 Å². The Morgan fingerprint density at radius 1 is 1.22 bits per heavy atom. The summed E-state index contributed by atoms with van der Waals surface area (Å²) in [6.07, 6.45) is 4.62. The lowest BCUT2D eigenvalue weighted by molar-refractivity contribution is 0.0942. The Morgan fingerprint density at radius 2 is 2.04 bits per heavy atom. The molecule has 2 heterocycles. The Bertz CT molecular complexity index is 881. The van der Waals surface area contributed by atoms with Crippen LogP contribution in [-0.4, -0.2) is 24.0 Å². The molecule has 23 heavy (non-hydrogen) atoms. The van der Waals surface area contributed by atoms with E-state index >= 15 is 0 Å². The van der Waals surface area contributed by atoms with Crippen molar-refractivity contribution in [2.45, 2.75) is 31.7 Å². The molecule has 0 unspecified atom stereocenters. The second kappa shape index (κ2) is 5.81. The number of ether oxygens (including phenoxy) is 1. The molecule has 0 saturated heterocycles. The maximum Gasteiger partial charge on any atom is 0.261 e. The molecular formula is C18H18N2O2S. The van der Waals surface area contributed by atoms with Gasteiger partial charge in [0, 0.05) is 16.8 Å². The van der Waals surface area contributed by atoms with Gasteiger partial charge < -0.3 is 10.1 Å². The van der Waals surface area contributed by atoms with E-state index < -0.39 is 0 Å². The first-order valence-electron chi connectivity index (χ1n) is 7.92. The highest BCUT2D eigenvalue weighted by molar-refractivity contribution is 7.20. The minimum absolute atomic E-state index is 0.0292. The fourth-order valence-corrected chi connectivity index (χ4v) is 4.10. The van der Waals surface area contributed by atoms with Crippen LogP contribution < -0.4 is 10.1 Å². The van der Waals surface area contributed by atoms with Gasteiger partial charge in [-0.2, -0.15) is 0 Å². The van der Waals surface area contributed by atoms with E-state index in [4.69, 9.17) is 4.74 Å². The van der Waals surface area contributed by atoms with E-state index in [0.29, 0.717) is 6.04 Å². The third-order valence-corrected chi connectivity index (χ3v) is 5.47. The topological polar surface area (TPSA) is 51.2 Å². The van der Waals surface area contributed by atoms with Crippen LogP contribution in [0.2, 0.25) is 0 Å². The zero-order valence-electron chi connectivity index (χ0n) is 13.0. The van der Waals surface area contributed by atoms with Crippen molar-refractivity contribution in [2.75, 3.05) is 7.11 Å². The van der Waals surface area contributed by atoms with Crippen LogP contribution in [-0.2, 0) is 0 Å². The second-order valence-corrected chi connectivity index (χ2v) is 7.04. The summed E-state index contributed by atoms with van der Waals surface area (Å²) < 4.78 is 5.26. The summed E-state index contributed by atoms with van der Waals surface area (Å²) in [5, 5.41) is 5.17. The van der Waals surface area contributed by atoms with Crippen molar-refractivity contribution in [3.63, 3.8) is 0 Å². The average Bonchev–Trinajstić information content (AvgIpc) is 3.21. The number of nitrogens with zero attached hydrogens (tertiary/aromatic N) is 1. The van der Waals surface area contributed by atoms with Crippen LogP contribution >= 0.6 is 11.3 Å². The van der Waals surface area contributed by atoms with Gasteiger partial charge in [-0.3, -0.25) is 4.79 Å². The lowest BCUT2D eigenvalue weighted by Crippen LogP contribution is -2.31. The highest BCUT2D eigenvalue weighted by Crippen LogP contribution is 2.29. The number of carbonyl (C=O) groups is 1. The predicted octanol–water partition coefficient (Wildman–Crippen LogP) is 4.13. The number of hydrogen-bond acceptors (Lipinski definition) is 4. The lowest BCUT2D eigenvalue weighted by atomic mass is 10.2. The number of benzene rings is 1. The molecule has 2 aromatic heterocycles. The number of rotatable bonds is 3. The molecule has 1 aromatic carbocycles. The van der Waals surface area contributed by atoms with E-state index in [1.807, 2.05) is 24.3 Å². The molecule has 5 heteroatoms. The Kier molecular flexibility index (Phi) is 3.65. The molecule has 0 radical (unpaired) electrons. The van der Waals surface area contributed by atoms with E-state index in [0.717, 1.165) is 44.6 Å². The monoisotopic (exact) mass is 326 g/mol. The van der Waals surface area contributed by atoms with Crippen LogP contribution in [0.1, 0.15) is 35.4 Å². The van der Waals surface area contributed by atoms with Gasteiger partial charge in [0.25, 0.3) is 5.91 Å². The van der Waals surface area contributed by atoms with Crippen molar-refractivity contribution in [2.24, 2.45) is 0 Å². The minimum atomic E-state index is 0.0292. The molecule has 0 bridgehead atoms. The van der Waals surface area contributed by atoms with E-state index in [1.54, 1.807) is 7.11 Å². The van der Waals surface area contributed by atoms with Crippen molar-refractivity contribution in [1.82, 2.24) is 10.3 Å². The molecular weight excluding hydrogens is 308 g/mol. The standard InChI is InChI=1S/C18H18N2O2S/c1-22-14-6-7-15-11(9-14)8-12-10-16(23-18(12)20-15)17(21)19-13-4-2-3-5-13/h6-10,13H,2-5H2,1H3,(H,19,21). The molecule has 0 spiro atoms. The van der Waals surface area contributed by atoms with Crippen molar-refractivity contribution in [3.8, 4) is 5.75 Å². The number of methoxy groups -OCH3 is 1. The predicted molar refractivity (Wildman–Crippen MR) is 93.4 cm³/mol. The Morgan fingerprint density at radius 3 is 2.83 bits per heavy atom. The largest absolute Gasteiger partial charge is 0.497 e. The Hall–Kier alpha value is -2.14. The molecule has 0 atom stereocenters. The fourth-order valence-electron chi connectivity index (χ4n) is 3.18. The second-order valence-electron chi connectivity index (χ2n) is 6.01. The summed E-state index contributed by atoms with van der Waals surface area (Å²) in [5.74, 6) is 0.842. The highest BCUT2D eigenvalue weighted by Gasteiger charge is 2.19. The maximum absolute atomic E-state index is 12.4. The molecule has 1 aliphatic carbocycles. The summed E-state index contributed by atoms with van der Waals surface area (Å²) in [6.45, 7) is 0. The molecule has 0 aliphatic heterocycles. The SMILES string of the molecule is COc1ccc2nc3sc(C(=O)NC4CCCC4)cc3cc2c1. The van der Waals surface area contributed by atoms with E-state index in [1.165, 1.54) is 24.2 Å². The number of thiophene rings is 1. The van der Waals surface area contributed by atoms with E-state index in [-0.39, 0.29) is 5.91 Å². The number of amides is 1. The van der Waals surface area contributed by atoms with Gasteiger partial charge in [0.05, 0.1) is 17.5 Å². The number of carbonyl (C=O) groups excluding carboxylic acids is 1. The maximum atomic E-state index is 12.4. The fraction of sp³-hybridized carbons (Fsp3) is 0.333. The Labute approximate surface area is 138 Å². The summed E-state index contributed by atoms with van der Waals surface area (Å²) >= 11 is 1.46. The van der Waals surface area contributed by atoms with E-state index in [2.05, 4.69) is 16.4 Å². The first-order valence-corrected chi connectivity index (χ1v) is 8.74. The van der Waals surface area contributed by atoms with Crippen molar-refractivity contribution >= 4 is 38.4 Å². The number of fused-ring (bicyclic) bond motifs is 2. The number of pyridine rings is 1. The van der Waals surface area contributed by atoms with Crippen molar-refractivity contribution in [1.29, 1.82) is 0 Å². The Balaban J connectivity index is 1.68. The first kappa shape index (κ1) is 14.5. The van der Waals surface area contributed by atoms with Gasteiger partial charge in [-0.15, -0.1) is 11.3 Å². The van der Waals surface area contributed by atoms with Gasteiger partial charge >= 0.3 is 0 Å². The van der Waals surface area contributed by atoms with Crippen molar-refractivity contribution in [3.05, 3.63) is 35.2 Å². The molecule has 1 N–H and O–H groups in total. The van der Waals surface area contributed by atoms with Gasteiger partial charge in [0.2, 0.25) is 0 Å². The smallest absolute Gasteiger partial charge is 0.261 e. The summed E-state index contributed by atoms with van der Waals surface area (Å²) in [4.78, 5) is 18.7. The van der Waals surface area contributed by atoms with Crippen LogP contribution in [0, 0.1) is 0 Å². The summed E-state index contributed by atoms with van der Waals surface area (Å²) in [6, 6.07) is 10.2. The van der Waals surface area contributed by atoms with Crippen LogP contribution in [0.4, 0.5) is 0 Å². The molecule has 1 amide bonds. The van der Waals surface area contributed by atoms with Crippen LogP contribution in [0.25, 0.3) is 21.1 Å². The lowest BCUT2D eigenvalue weighted by Gasteiger charge is -2.10. The zero-order valence-corrected chi connectivity index (χ0v) is 13.8. The molecule has 4 rings (SSSR count). The highest BCUT2D eigenvalue weighted by atomic mass is 32.1. The molecule has 3 aromatic rings. The molecule has 1 aliphatic rings. The first-order chi connectivity index (χ1) is 11.2. The number of aromatic nitrogens is 1. The normalized spacial score (nSPS) is 15.3. The third-order valence-electron chi connectivity index (χ3n) is 4.42. The van der Waals surface area contributed by atoms with Gasteiger partial charge in [-0.05, 0) is 43.2 Å². The number of nitrogens with one attached hydrogen (secondary N) is 1. The molecule has 1 saturated carbocycles. The van der Waals surface area contributed by atoms with Crippen LogP contribution in [0.15, 0.2) is 30.3 Å².